The van der Waals surface area contributed by atoms with Gasteiger partial charge in [-0.1, -0.05) is 24.3 Å². The predicted octanol–water partition coefficient (Wildman–Crippen LogP) is 6.43. The molecular weight excluding hydrogens is 450 g/mol. The zero-order chi connectivity index (χ0) is 24.8. The van der Waals surface area contributed by atoms with Crippen molar-refractivity contribution in [1.82, 2.24) is 0 Å². The van der Waals surface area contributed by atoms with Gasteiger partial charge < -0.3 is 14.6 Å². The van der Waals surface area contributed by atoms with Gasteiger partial charge in [0.25, 0.3) is 0 Å². The van der Waals surface area contributed by atoms with E-state index in [2.05, 4.69) is 0 Å². The van der Waals surface area contributed by atoms with E-state index in [1.165, 1.54) is 13.8 Å². The van der Waals surface area contributed by atoms with Crippen LogP contribution in [0.4, 0.5) is 26.3 Å². The standard InChI is InChI=1S/C14H21F3O2.C10H13F3O/c1-4-18-9(2)19-13(3,14(15,16)17)12-8-10-5-6-11(12)7-10;1-9(14,10(11,12)13)8-5-6-2-3-7(8)4-6/h5-6,9-12H,4,7-8H2,1-3H3;2-3,6-8,14H,4-5H2,1H3. The van der Waals surface area contributed by atoms with Gasteiger partial charge in [-0.3, -0.25) is 0 Å². The van der Waals surface area contributed by atoms with E-state index >= 15 is 0 Å². The number of ether oxygens (including phenoxy) is 2. The Labute approximate surface area is 191 Å². The van der Waals surface area contributed by atoms with E-state index in [1.807, 2.05) is 24.3 Å². The van der Waals surface area contributed by atoms with Crippen LogP contribution < -0.4 is 0 Å². The summed E-state index contributed by atoms with van der Waals surface area (Å²) in [6.07, 6.45) is 0.592. The maximum Gasteiger partial charge on any atom is 0.417 e. The van der Waals surface area contributed by atoms with Crippen LogP contribution in [0.2, 0.25) is 0 Å². The molecule has 9 heteroatoms. The van der Waals surface area contributed by atoms with Gasteiger partial charge in [0.05, 0.1) is 0 Å². The molecule has 1 N–H and O–H groups in total. The van der Waals surface area contributed by atoms with Crippen molar-refractivity contribution in [2.45, 2.75) is 83.2 Å². The van der Waals surface area contributed by atoms with Crippen molar-refractivity contribution in [2.24, 2.45) is 35.5 Å². The Morgan fingerprint density at radius 3 is 1.64 bits per heavy atom. The Morgan fingerprint density at radius 1 is 0.818 bits per heavy atom. The Hall–Kier alpha value is -1.06. The highest BCUT2D eigenvalue weighted by molar-refractivity contribution is 5.15. The molecule has 4 aliphatic rings. The first-order valence-electron chi connectivity index (χ1n) is 11.6. The van der Waals surface area contributed by atoms with Crippen molar-refractivity contribution in [3.63, 3.8) is 0 Å². The average molecular weight is 485 g/mol. The number of fused-ring (bicyclic) bond motifs is 4. The molecule has 2 fully saturated rings. The van der Waals surface area contributed by atoms with Gasteiger partial charge in [-0.25, -0.2) is 0 Å². The molecule has 3 nitrogen and oxygen atoms in total. The second-order valence-electron chi connectivity index (χ2n) is 10.2. The van der Waals surface area contributed by atoms with Crippen molar-refractivity contribution in [1.29, 1.82) is 0 Å². The summed E-state index contributed by atoms with van der Waals surface area (Å²) in [5, 5.41) is 9.51. The van der Waals surface area contributed by atoms with Crippen molar-refractivity contribution in [3.8, 4) is 0 Å². The number of allylic oxidation sites excluding steroid dienone is 4. The molecule has 0 aromatic heterocycles. The number of rotatable bonds is 6. The molecule has 33 heavy (non-hydrogen) atoms. The summed E-state index contributed by atoms with van der Waals surface area (Å²) in [7, 11) is 0. The summed E-state index contributed by atoms with van der Waals surface area (Å²) in [6.45, 7) is 5.67. The fraction of sp³-hybridized carbons (Fsp3) is 0.833. The molecule has 4 bridgehead atoms. The maximum absolute atomic E-state index is 13.5. The van der Waals surface area contributed by atoms with Crippen LogP contribution in [0.3, 0.4) is 0 Å². The highest BCUT2D eigenvalue weighted by Gasteiger charge is 2.62. The average Bonchev–Trinajstić information content (AvgIpc) is 3.47. The van der Waals surface area contributed by atoms with Gasteiger partial charge in [-0.15, -0.1) is 0 Å². The SMILES string of the molecule is CC(O)(C1CC2C=CC1C2)C(F)(F)F.CCOC(C)OC(C)(C1CC2C=CC1C2)C(F)(F)F. The van der Waals surface area contributed by atoms with Crippen LogP contribution in [-0.2, 0) is 9.47 Å². The van der Waals surface area contributed by atoms with Gasteiger partial charge in [0.1, 0.15) is 0 Å². The van der Waals surface area contributed by atoms with Crippen LogP contribution in [0, 0.1) is 35.5 Å². The molecule has 0 heterocycles. The lowest BCUT2D eigenvalue weighted by Gasteiger charge is -2.41. The zero-order valence-corrected chi connectivity index (χ0v) is 19.4. The summed E-state index contributed by atoms with van der Waals surface area (Å²) in [6, 6.07) is 0. The van der Waals surface area contributed by atoms with E-state index in [0.717, 1.165) is 19.8 Å². The minimum atomic E-state index is -4.52. The molecule has 2 saturated carbocycles. The molecule has 0 aromatic carbocycles. The number of aliphatic hydroxyl groups is 1. The molecular formula is C24H34F6O3. The van der Waals surface area contributed by atoms with E-state index in [9.17, 15) is 31.4 Å². The van der Waals surface area contributed by atoms with E-state index in [1.54, 1.807) is 6.92 Å². The van der Waals surface area contributed by atoms with Crippen molar-refractivity contribution in [2.75, 3.05) is 6.61 Å². The summed E-state index contributed by atoms with van der Waals surface area (Å²) in [5.74, 6) is -0.744. The fourth-order valence-corrected chi connectivity index (χ4v) is 6.03. The third kappa shape index (κ3) is 5.15. The van der Waals surface area contributed by atoms with Gasteiger partial charge >= 0.3 is 12.4 Å². The van der Waals surface area contributed by atoms with Gasteiger partial charge in [-0.05, 0) is 77.0 Å². The highest BCUT2D eigenvalue weighted by Crippen LogP contribution is 2.54. The van der Waals surface area contributed by atoms with Gasteiger partial charge in [-0.2, -0.15) is 26.3 Å². The molecule has 0 saturated heterocycles. The van der Waals surface area contributed by atoms with E-state index < -0.39 is 41.7 Å². The largest absolute Gasteiger partial charge is 0.417 e. The Morgan fingerprint density at radius 2 is 1.30 bits per heavy atom. The summed E-state index contributed by atoms with van der Waals surface area (Å²) in [4.78, 5) is 0. The Kier molecular flexibility index (Phi) is 7.39. The van der Waals surface area contributed by atoms with Crippen LogP contribution in [0.25, 0.3) is 0 Å². The second kappa shape index (κ2) is 9.19. The summed E-state index contributed by atoms with van der Waals surface area (Å²) in [5.41, 5.74) is -4.66. The maximum atomic E-state index is 13.5. The number of hydrogen-bond donors (Lipinski definition) is 1. The first-order valence-corrected chi connectivity index (χ1v) is 11.6. The number of hydrogen-bond acceptors (Lipinski definition) is 3. The molecule has 0 aliphatic heterocycles. The first-order chi connectivity index (χ1) is 15.1. The van der Waals surface area contributed by atoms with Gasteiger partial charge in [0.2, 0.25) is 0 Å². The minimum Gasteiger partial charge on any atom is -0.380 e. The fourth-order valence-electron chi connectivity index (χ4n) is 6.03. The summed E-state index contributed by atoms with van der Waals surface area (Å²) < 4.78 is 88.5. The molecule has 190 valence electrons. The molecule has 0 amide bonds. The first kappa shape index (κ1) is 26.5. The molecule has 9 atom stereocenters. The topological polar surface area (TPSA) is 38.7 Å². The number of halogens is 6. The molecule has 4 aliphatic carbocycles. The molecule has 0 radical (unpaired) electrons. The van der Waals surface area contributed by atoms with Crippen LogP contribution in [0.1, 0.15) is 53.4 Å². The summed E-state index contributed by atoms with van der Waals surface area (Å²) >= 11 is 0. The predicted molar refractivity (Wildman–Crippen MR) is 111 cm³/mol. The third-order valence-electron chi connectivity index (χ3n) is 7.94. The smallest absolute Gasteiger partial charge is 0.380 e. The zero-order valence-electron chi connectivity index (χ0n) is 19.4. The van der Waals surface area contributed by atoms with Crippen molar-refractivity contribution >= 4 is 0 Å². The van der Waals surface area contributed by atoms with E-state index in [-0.39, 0.29) is 23.7 Å². The van der Waals surface area contributed by atoms with Crippen LogP contribution in [0.5, 0.6) is 0 Å². The van der Waals surface area contributed by atoms with Crippen LogP contribution in [0.15, 0.2) is 24.3 Å². The lowest BCUT2D eigenvalue weighted by molar-refractivity contribution is -0.332. The molecule has 0 aromatic rings. The van der Waals surface area contributed by atoms with Crippen molar-refractivity contribution < 1.29 is 40.9 Å². The Balaban J connectivity index is 0.000000194. The molecule has 4 rings (SSSR count). The third-order valence-corrected chi connectivity index (χ3v) is 7.94. The molecule has 0 spiro atoms. The lowest BCUT2D eigenvalue weighted by atomic mass is 9.79. The van der Waals surface area contributed by atoms with Gasteiger partial charge in [0.15, 0.2) is 17.5 Å². The van der Waals surface area contributed by atoms with Crippen LogP contribution >= 0.6 is 0 Å². The Bertz CT molecular complexity index is 743. The van der Waals surface area contributed by atoms with E-state index in [4.69, 9.17) is 9.47 Å². The quantitative estimate of drug-likeness (QED) is 0.268. The number of alkyl halides is 6. The monoisotopic (exact) mass is 484 g/mol. The minimum absolute atomic E-state index is 0.0227. The lowest BCUT2D eigenvalue weighted by Crippen LogP contribution is -2.54. The van der Waals surface area contributed by atoms with Crippen LogP contribution in [-0.4, -0.2) is 41.6 Å². The van der Waals surface area contributed by atoms with Crippen molar-refractivity contribution in [3.05, 3.63) is 24.3 Å². The molecule has 9 unspecified atom stereocenters. The van der Waals surface area contributed by atoms with E-state index in [0.29, 0.717) is 19.4 Å². The second-order valence-corrected chi connectivity index (χ2v) is 10.2. The van der Waals surface area contributed by atoms with Gasteiger partial charge in [0, 0.05) is 18.4 Å². The highest BCUT2D eigenvalue weighted by atomic mass is 19.4. The normalized spacial score (nSPS) is 36.9.